The molecule has 0 bridgehead atoms. The van der Waals surface area contributed by atoms with Crippen LogP contribution in [0.5, 0.6) is 11.5 Å². The topological polar surface area (TPSA) is 35.9 Å². The normalized spacial score (nSPS) is 17.3. The number of hydrogen-bond donors (Lipinski definition) is 1. The van der Waals surface area contributed by atoms with E-state index in [2.05, 4.69) is 23.6 Å². The predicted octanol–water partition coefficient (Wildman–Crippen LogP) is 2.56. The van der Waals surface area contributed by atoms with Crippen molar-refractivity contribution in [3.63, 3.8) is 0 Å². The predicted molar refractivity (Wildman–Crippen MR) is 85.8 cm³/mol. The molecule has 0 amide bonds. The highest BCUT2D eigenvalue weighted by molar-refractivity contribution is 5.41. The molecule has 0 spiro atoms. The van der Waals surface area contributed by atoms with Gasteiger partial charge in [0.1, 0.15) is 0 Å². The molecular formula is C17H28N2O2. The zero-order valence-corrected chi connectivity index (χ0v) is 13.5. The van der Waals surface area contributed by atoms with E-state index in [1.807, 2.05) is 19.1 Å². The lowest BCUT2D eigenvalue weighted by Gasteiger charge is -2.35. The summed E-state index contributed by atoms with van der Waals surface area (Å²) in [4.78, 5) is 5.02. The summed E-state index contributed by atoms with van der Waals surface area (Å²) in [5.74, 6) is 1.55. The maximum Gasteiger partial charge on any atom is 0.161 e. The van der Waals surface area contributed by atoms with E-state index in [-0.39, 0.29) is 5.75 Å². The van der Waals surface area contributed by atoms with Gasteiger partial charge in [0.2, 0.25) is 0 Å². The molecule has 1 saturated heterocycles. The van der Waals surface area contributed by atoms with Gasteiger partial charge in [-0.15, -0.1) is 0 Å². The number of ether oxygens (including phenoxy) is 1. The lowest BCUT2D eigenvalue weighted by atomic mass is 10.1. The fraction of sp³-hybridized carbons (Fsp3) is 0.647. The highest BCUT2D eigenvalue weighted by Gasteiger charge is 2.17. The lowest BCUT2D eigenvalue weighted by molar-refractivity contribution is 0.117. The Morgan fingerprint density at radius 3 is 2.43 bits per heavy atom. The van der Waals surface area contributed by atoms with Gasteiger partial charge in [0.05, 0.1) is 6.61 Å². The van der Waals surface area contributed by atoms with Crippen molar-refractivity contribution in [2.45, 2.75) is 27.3 Å². The van der Waals surface area contributed by atoms with E-state index in [1.54, 1.807) is 6.07 Å². The number of hydrogen-bond acceptors (Lipinski definition) is 4. The third-order valence-electron chi connectivity index (χ3n) is 3.82. The highest BCUT2D eigenvalue weighted by atomic mass is 16.5. The Morgan fingerprint density at radius 2 is 1.81 bits per heavy atom. The van der Waals surface area contributed by atoms with Crippen molar-refractivity contribution in [3.05, 3.63) is 23.8 Å². The zero-order valence-electron chi connectivity index (χ0n) is 13.5. The summed E-state index contributed by atoms with van der Waals surface area (Å²) in [6.07, 6.45) is 0. The van der Waals surface area contributed by atoms with E-state index in [1.165, 1.54) is 12.1 Å². The van der Waals surface area contributed by atoms with Gasteiger partial charge in [-0.05, 0) is 30.5 Å². The number of phenols is 1. The SMILES string of the molecule is CCOc1cc(CN2CCN(CC(C)C)CC2)ccc1O. The first-order valence-corrected chi connectivity index (χ1v) is 7.98. The van der Waals surface area contributed by atoms with Crippen molar-refractivity contribution >= 4 is 0 Å². The van der Waals surface area contributed by atoms with Crippen LogP contribution in [0.4, 0.5) is 0 Å². The summed E-state index contributed by atoms with van der Waals surface area (Å²) in [6.45, 7) is 13.7. The molecule has 118 valence electrons. The largest absolute Gasteiger partial charge is 0.504 e. The monoisotopic (exact) mass is 292 g/mol. The minimum atomic E-state index is 0.224. The number of nitrogens with zero attached hydrogens (tertiary/aromatic N) is 2. The molecule has 0 aromatic heterocycles. The maximum atomic E-state index is 9.75. The Labute approximate surface area is 128 Å². The molecule has 0 radical (unpaired) electrons. The highest BCUT2D eigenvalue weighted by Crippen LogP contribution is 2.27. The van der Waals surface area contributed by atoms with Crippen LogP contribution in [0.1, 0.15) is 26.3 Å². The lowest BCUT2D eigenvalue weighted by Crippen LogP contribution is -2.46. The van der Waals surface area contributed by atoms with Gasteiger partial charge in [-0.25, -0.2) is 0 Å². The number of aromatic hydroxyl groups is 1. The van der Waals surface area contributed by atoms with Gasteiger partial charge >= 0.3 is 0 Å². The van der Waals surface area contributed by atoms with Gasteiger partial charge in [0.25, 0.3) is 0 Å². The van der Waals surface area contributed by atoms with E-state index < -0.39 is 0 Å². The fourth-order valence-electron chi connectivity index (χ4n) is 2.83. The molecule has 4 heteroatoms. The van der Waals surface area contributed by atoms with Gasteiger partial charge in [-0.1, -0.05) is 19.9 Å². The Bertz CT molecular complexity index is 440. The first-order valence-electron chi connectivity index (χ1n) is 7.98. The molecule has 2 rings (SSSR count). The van der Waals surface area contributed by atoms with Crippen molar-refractivity contribution < 1.29 is 9.84 Å². The number of phenolic OH excluding ortho intramolecular Hbond substituents is 1. The van der Waals surface area contributed by atoms with Gasteiger partial charge in [-0.3, -0.25) is 4.90 Å². The van der Waals surface area contributed by atoms with Crippen LogP contribution >= 0.6 is 0 Å². The first kappa shape index (κ1) is 16.1. The van der Waals surface area contributed by atoms with Crippen LogP contribution in [-0.2, 0) is 6.54 Å². The summed E-state index contributed by atoms with van der Waals surface area (Å²) in [5, 5.41) is 9.75. The molecule has 1 aromatic rings. The van der Waals surface area contributed by atoms with E-state index in [0.29, 0.717) is 12.4 Å². The van der Waals surface area contributed by atoms with Crippen molar-refractivity contribution in [1.29, 1.82) is 0 Å². The van der Waals surface area contributed by atoms with Gasteiger partial charge in [0.15, 0.2) is 11.5 Å². The van der Waals surface area contributed by atoms with Crippen molar-refractivity contribution in [2.24, 2.45) is 5.92 Å². The minimum absolute atomic E-state index is 0.224. The van der Waals surface area contributed by atoms with Crippen LogP contribution in [0.2, 0.25) is 0 Å². The second-order valence-electron chi connectivity index (χ2n) is 6.21. The summed E-state index contributed by atoms with van der Waals surface area (Å²) < 4.78 is 5.45. The summed E-state index contributed by atoms with van der Waals surface area (Å²) in [5.41, 5.74) is 1.20. The Hall–Kier alpha value is -1.26. The average molecular weight is 292 g/mol. The smallest absolute Gasteiger partial charge is 0.161 e. The number of rotatable bonds is 6. The van der Waals surface area contributed by atoms with Crippen LogP contribution in [-0.4, -0.2) is 54.2 Å². The molecule has 1 aliphatic rings. The van der Waals surface area contributed by atoms with Crippen molar-refractivity contribution in [2.75, 3.05) is 39.3 Å². The molecule has 1 aromatic carbocycles. The average Bonchev–Trinajstić information content (AvgIpc) is 2.44. The van der Waals surface area contributed by atoms with E-state index >= 15 is 0 Å². The molecule has 0 saturated carbocycles. The van der Waals surface area contributed by atoms with Crippen molar-refractivity contribution in [1.82, 2.24) is 9.80 Å². The standard InChI is InChI=1S/C17H28N2O2/c1-4-21-17-11-15(5-6-16(17)20)13-19-9-7-18(8-10-19)12-14(2)3/h5-6,11,14,20H,4,7-10,12-13H2,1-3H3. The second kappa shape index (κ2) is 7.66. The molecular weight excluding hydrogens is 264 g/mol. The quantitative estimate of drug-likeness (QED) is 0.874. The summed E-state index contributed by atoms with van der Waals surface area (Å²) in [6, 6.07) is 5.67. The molecule has 21 heavy (non-hydrogen) atoms. The number of benzene rings is 1. The fourth-order valence-corrected chi connectivity index (χ4v) is 2.83. The van der Waals surface area contributed by atoms with Gasteiger partial charge in [-0.2, -0.15) is 0 Å². The molecule has 1 heterocycles. The molecule has 1 aliphatic heterocycles. The van der Waals surface area contributed by atoms with Crippen LogP contribution in [0.3, 0.4) is 0 Å². The van der Waals surface area contributed by atoms with E-state index in [0.717, 1.165) is 38.6 Å². The second-order valence-corrected chi connectivity index (χ2v) is 6.21. The van der Waals surface area contributed by atoms with Crippen molar-refractivity contribution in [3.8, 4) is 11.5 Å². The van der Waals surface area contributed by atoms with Crippen LogP contribution in [0.15, 0.2) is 18.2 Å². The van der Waals surface area contributed by atoms with E-state index in [9.17, 15) is 5.11 Å². The number of piperazine rings is 1. The molecule has 1 fully saturated rings. The Morgan fingerprint density at radius 1 is 1.14 bits per heavy atom. The third kappa shape index (κ3) is 4.90. The molecule has 0 aliphatic carbocycles. The molecule has 1 N–H and O–H groups in total. The van der Waals surface area contributed by atoms with Gasteiger partial charge in [0, 0.05) is 39.3 Å². The van der Waals surface area contributed by atoms with Gasteiger partial charge < -0.3 is 14.7 Å². The maximum absolute atomic E-state index is 9.75. The third-order valence-corrected chi connectivity index (χ3v) is 3.82. The minimum Gasteiger partial charge on any atom is -0.504 e. The Balaban J connectivity index is 1.87. The molecule has 0 atom stereocenters. The molecule has 4 nitrogen and oxygen atoms in total. The van der Waals surface area contributed by atoms with Crippen LogP contribution in [0.25, 0.3) is 0 Å². The van der Waals surface area contributed by atoms with Crippen LogP contribution in [0, 0.1) is 5.92 Å². The first-order chi connectivity index (χ1) is 10.1. The summed E-state index contributed by atoms with van der Waals surface area (Å²) in [7, 11) is 0. The zero-order chi connectivity index (χ0) is 15.2. The summed E-state index contributed by atoms with van der Waals surface area (Å²) >= 11 is 0. The van der Waals surface area contributed by atoms with E-state index in [4.69, 9.17) is 4.74 Å². The van der Waals surface area contributed by atoms with Crippen LogP contribution < -0.4 is 4.74 Å². The molecule has 0 unspecified atom stereocenters. The Kier molecular flexibility index (Phi) is 5.88.